The van der Waals surface area contributed by atoms with E-state index in [1.54, 1.807) is 0 Å². The van der Waals surface area contributed by atoms with Gasteiger partial charge in [0.05, 0.1) is 12.9 Å². The highest BCUT2D eigenvalue weighted by Crippen LogP contribution is 2.06. The number of carboxylic acids is 2. The Kier molecular flexibility index (Phi) is 13.0. The first-order chi connectivity index (χ1) is 17.4. The number of amides is 3. The largest absolute Gasteiger partial charge is 0.481 e. The summed E-state index contributed by atoms with van der Waals surface area (Å²) >= 11 is 0. The molecule has 3 amide bonds. The molecule has 0 bridgehead atoms. The third-order valence-electron chi connectivity index (χ3n) is 4.99. The Morgan fingerprint density at radius 2 is 1.57 bits per heavy atom. The molecule has 4 unspecified atom stereocenters. The van der Waals surface area contributed by atoms with Gasteiger partial charge in [0.25, 0.3) is 0 Å². The van der Waals surface area contributed by atoms with Gasteiger partial charge in [0.2, 0.25) is 17.7 Å². The average molecular weight is 528 g/mol. The van der Waals surface area contributed by atoms with Gasteiger partial charge in [-0.15, -0.1) is 0 Å². The van der Waals surface area contributed by atoms with E-state index in [0.29, 0.717) is 5.69 Å². The van der Waals surface area contributed by atoms with Crippen LogP contribution in [0.3, 0.4) is 0 Å². The quantitative estimate of drug-likeness (QED) is 0.0523. The number of imidazole rings is 1. The molecule has 1 aromatic heterocycles. The van der Waals surface area contributed by atoms with Crippen LogP contribution in [0.25, 0.3) is 0 Å². The zero-order valence-electron chi connectivity index (χ0n) is 19.9. The van der Waals surface area contributed by atoms with Crippen LogP contribution in [0.15, 0.2) is 17.5 Å². The van der Waals surface area contributed by atoms with Crippen LogP contribution < -0.4 is 33.2 Å². The molecule has 0 aliphatic rings. The molecule has 37 heavy (non-hydrogen) atoms. The maximum Gasteiger partial charge on any atom is 0.326 e. The van der Waals surface area contributed by atoms with Gasteiger partial charge in [0.1, 0.15) is 24.2 Å². The molecule has 0 saturated heterocycles. The molecule has 17 heteroatoms. The highest BCUT2D eigenvalue weighted by atomic mass is 16.4. The van der Waals surface area contributed by atoms with Gasteiger partial charge >= 0.3 is 11.9 Å². The van der Waals surface area contributed by atoms with Gasteiger partial charge in [0.15, 0.2) is 5.96 Å². The molecule has 1 rings (SSSR count). The topological polar surface area (TPSA) is 301 Å². The van der Waals surface area contributed by atoms with Crippen molar-refractivity contribution >= 4 is 35.6 Å². The third kappa shape index (κ3) is 11.8. The number of rotatable bonds is 17. The normalized spacial score (nSPS) is 13.9. The lowest BCUT2D eigenvalue weighted by Gasteiger charge is -2.25. The minimum absolute atomic E-state index is 0.00263. The van der Waals surface area contributed by atoms with Gasteiger partial charge in [0, 0.05) is 31.3 Å². The highest BCUT2D eigenvalue weighted by Gasteiger charge is 2.30. The van der Waals surface area contributed by atoms with Gasteiger partial charge in [-0.25, -0.2) is 9.78 Å². The maximum atomic E-state index is 13.0. The number of guanidine groups is 1. The van der Waals surface area contributed by atoms with Crippen molar-refractivity contribution in [3.05, 3.63) is 18.2 Å². The van der Waals surface area contributed by atoms with E-state index in [4.69, 9.17) is 27.4 Å². The van der Waals surface area contributed by atoms with Gasteiger partial charge in [-0.1, -0.05) is 0 Å². The van der Waals surface area contributed by atoms with Crippen LogP contribution in [0.4, 0.5) is 0 Å². The number of aliphatic hydroxyl groups is 1. The third-order valence-corrected chi connectivity index (χ3v) is 4.99. The van der Waals surface area contributed by atoms with Gasteiger partial charge in [-0.2, -0.15) is 0 Å². The lowest BCUT2D eigenvalue weighted by atomic mass is 10.1. The zero-order valence-corrected chi connectivity index (χ0v) is 19.9. The molecule has 4 atom stereocenters. The van der Waals surface area contributed by atoms with E-state index >= 15 is 0 Å². The first-order valence-corrected chi connectivity index (χ1v) is 11.2. The fourth-order valence-corrected chi connectivity index (χ4v) is 3.03. The van der Waals surface area contributed by atoms with E-state index in [9.17, 15) is 29.1 Å². The fourth-order valence-electron chi connectivity index (χ4n) is 3.03. The molecule has 1 aromatic rings. The second-order valence-electron chi connectivity index (χ2n) is 7.97. The highest BCUT2D eigenvalue weighted by molar-refractivity contribution is 5.94. The molecule has 0 aromatic carbocycles. The van der Waals surface area contributed by atoms with Crippen molar-refractivity contribution in [2.24, 2.45) is 22.2 Å². The number of aromatic nitrogens is 2. The number of aliphatic hydroxyl groups excluding tert-OH is 1. The summed E-state index contributed by atoms with van der Waals surface area (Å²) in [6, 6.07) is -5.43. The van der Waals surface area contributed by atoms with Crippen molar-refractivity contribution in [1.82, 2.24) is 25.9 Å². The van der Waals surface area contributed by atoms with E-state index in [-0.39, 0.29) is 38.2 Å². The number of carboxylic acid groups (broad SMARTS) is 2. The van der Waals surface area contributed by atoms with Crippen LogP contribution >= 0.6 is 0 Å². The molecule has 0 saturated carbocycles. The lowest BCUT2D eigenvalue weighted by Crippen LogP contribution is -2.57. The Morgan fingerprint density at radius 3 is 2.08 bits per heavy atom. The average Bonchev–Trinajstić information content (AvgIpc) is 3.35. The SMILES string of the molecule is NC(N)=NCCCC(NC(=O)C(N)CO)C(=O)NC(CCC(=O)O)C(=O)NC(Cc1cnc[nH]1)C(=O)O. The Morgan fingerprint density at radius 1 is 0.973 bits per heavy atom. The van der Waals surface area contributed by atoms with Gasteiger partial charge in [-0.3, -0.25) is 24.2 Å². The summed E-state index contributed by atoms with van der Waals surface area (Å²) in [6.45, 7) is -0.574. The molecule has 0 aliphatic carbocycles. The number of aliphatic carboxylic acids is 2. The second-order valence-corrected chi connectivity index (χ2v) is 7.97. The van der Waals surface area contributed by atoms with E-state index in [2.05, 4.69) is 30.9 Å². The summed E-state index contributed by atoms with van der Waals surface area (Å²) in [5.41, 5.74) is 16.4. The number of carbonyl (C=O) groups excluding carboxylic acids is 3. The van der Waals surface area contributed by atoms with E-state index in [1.807, 2.05) is 0 Å². The molecule has 0 fully saturated rings. The fraction of sp³-hybridized carbons (Fsp3) is 0.550. The van der Waals surface area contributed by atoms with Crippen LogP contribution in [-0.2, 0) is 30.4 Å². The Balaban J connectivity index is 3.02. The molecule has 0 aliphatic heterocycles. The molecule has 13 N–H and O–H groups in total. The first-order valence-electron chi connectivity index (χ1n) is 11.2. The molecule has 0 spiro atoms. The van der Waals surface area contributed by atoms with E-state index in [0.717, 1.165) is 0 Å². The minimum atomic E-state index is -1.45. The van der Waals surface area contributed by atoms with E-state index in [1.165, 1.54) is 12.5 Å². The van der Waals surface area contributed by atoms with Crippen molar-refractivity contribution < 1.29 is 39.3 Å². The van der Waals surface area contributed by atoms with E-state index < -0.39 is 66.9 Å². The summed E-state index contributed by atoms with van der Waals surface area (Å²) < 4.78 is 0. The van der Waals surface area contributed by atoms with Crippen molar-refractivity contribution in [3.8, 4) is 0 Å². The van der Waals surface area contributed by atoms with Crippen molar-refractivity contribution in [1.29, 1.82) is 0 Å². The summed E-state index contributed by atoms with van der Waals surface area (Å²) in [5, 5.41) is 34.6. The standard InChI is InChI=1S/C20H33N9O8/c21-11(8-30)16(33)27-12(2-1-5-25-20(22)23)17(34)28-13(3-4-15(31)32)18(35)29-14(19(36)37)6-10-7-24-9-26-10/h7,9,11-14,30H,1-6,8,21H2,(H,24,26)(H,27,33)(H,28,34)(H,29,35)(H,31,32)(H,36,37)(H4,22,23,25). The Hall–Kier alpha value is -4.25. The lowest BCUT2D eigenvalue weighted by molar-refractivity contribution is -0.143. The summed E-state index contributed by atoms with van der Waals surface area (Å²) in [5.74, 6) is -5.46. The predicted molar refractivity (Wildman–Crippen MR) is 128 cm³/mol. The Labute approximate surface area is 211 Å². The van der Waals surface area contributed by atoms with Crippen LogP contribution in [0, 0.1) is 0 Å². The number of H-pyrrole nitrogens is 1. The number of hydrogen-bond acceptors (Lipinski definition) is 9. The summed E-state index contributed by atoms with van der Waals surface area (Å²) in [7, 11) is 0. The number of nitrogens with two attached hydrogens (primary N) is 3. The number of aliphatic imine (C=N–C) groups is 1. The minimum Gasteiger partial charge on any atom is -0.481 e. The number of carbonyl (C=O) groups is 5. The van der Waals surface area contributed by atoms with Crippen LogP contribution in [-0.4, -0.2) is 98.2 Å². The second kappa shape index (κ2) is 15.7. The van der Waals surface area contributed by atoms with Crippen LogP contribution in [0.1, 0.15) is 31.4 Å². The first kappa shape index (κ1) is 30.8. The maximum absolute atomic E-state index is 13.0. The summed E-state index contributed by atoms with van der Waals surface area (Å²) in [4.78, 5) is 71.0. The Bertz CT molecular complexity index is 950. The molecule has 0 radical (unpaired) electrons. The van der Waals surface area contributed by atoms with Gasteiger partial charge < -0.3 is 53.5 Å². The van der Waals surface area contributed by atoms with Gasteiger partial charge in [-0.05, 0) is 19.3 Å². The molecule has 17 nitrogen and oxygen atoms in total. The zero-order chi connectivity index (χ0) is 28.0. The number of nitrogens with zero attached hydrogens (tertiary/aromatic N) is 2. The predicted octanol–water partition coefficient (Wildman–Crippen LogP) is -4.27. The molecule has 1 heterocycles. The number of aromatic amines is 1. The smallest absolute Gasteiger partial charge is 0.326 e. The summed E-state index contributed by atoms with van der Waals surface area (Å²) in [6.07, 6.45) is 1.89. The monoisotopic (exact) mass is 527 g/mol. The molecular formula is C20H33N9O8. The van der Waals surface area contributed by atoms with Crippen molar-refractivity contribution in [3.63, 3.8) is 0 Å². The van der Waals surface area contributed by atoms with Crippen molar-refractivity contribution in [2.45, 2.75) is 56.3 Å². The number of nitrogens with one attached hydrogen (secondary N) is 4. The van der Waals surface area contributed by atoms with Crippen LogP contribution in [0.2, 0.25) is 0 Å². The van der Waals surface area contributed by atoms with Crippen LogP contribution in [0.5, 0.6) is 0 Å². The number of hydrogen-bond donors (Lipinski definition) is 10. The molecular weight excluding hydrogens is 494 g/mol. The van der Waals surface area contributed by atoms with Crippen molar-refractivity contribution in [2.75, 3.05) is 13.2 Å². The molecule has 206 valence electrons.